The van der Waals surface area contributed by atoms with Crippen molar-refractivity contribution in [3.05, 3.63) is 35.1 Å². The summed E-state index contributed by atoms with van der Waals surface area (Å²) in [4.78, 5) is 0. The molecule has 0 radical (unpaired) electrons. The minimum absolute atomic E-state index is 0.0177. The molecular weight excluding hydrogens is 165 g/mol. The van der Waals surface area contributed by atoms with E-state index >= 15 is 0 Å². The van der Waals surface area contributed by atoms with E-state index in [4.69, 9.17) is 0 Å². The number of hydrogen-bond donors (Lipinski definition) is 1. The molecule has 1 nitrogen and oxygen atoms in total. The summed E-state index contributed by atoms with van der Waals surface area (Å²) in [6.45, 7) is 0. The van der Waals surface area contributed by atoms with Crippen molar-refractivity contribution in [1.82, 2.24) is 5.32 Å². The zero-order chi connectivity index (χ0) is 8.84. The molecule has 2 aliphatic rings. The summed E-state index contributed by atoms with van der Waals surface area (Å²) in [6.07, 6.45) is 3.23. The van der Waals surface area contributed by atoms with Gasteiger partial charge in [-0.25, -0.2) is 4.39 Å². The van der Waals surface area contributed by atoms with Crippen LogP contribution in [0.2, 0.25) is 0 Å². The Morgan fingerprint density at radius 2 is 2.23 bits per heavy atom. The van der Waals surface area contributed by atoms with Crippen LogP contribution in [0.4, 0.5) is 4.39 Å². The fourth-order valence-electron chi connectivity index (χ4n) is 2.59. The topological polar surface area (TPSA) is 12.0 Å². The molecule has 2 bridgehead atoms. The number of rotatable bonds is 0. The maximum absolute atomic E-state index is 13.4. The lowest BCUT2D eigenvalue weighted by Crippen LogP contribution is -2.32. The van der Waals surface area contributed by atoms with Gasteiger partial charge in [-0.3, -0.25) is 0 Å². The first-order valence-electron chi connectivity index (χ1n) is 4.88. The van der Waals surface area contributed by atoms with Crippen molar-refractivity contribution >= 4 is 0 Å². The van der Waals surface area contributed by atoms with Gasteiger partial charge in [0.25, 0.3) is 0 Å². The fraction of sp³-hybridized carbons (Fsp3) is 0.455. The van der Waals surface area contributed by atoms with E-state index in [2.05, 4.69) is 11.4 Å². The molecule has 2 unspecified atom stereocenters. The maximum Gasteiger partial charge on any atom is 0.126 e. The Morgan fingerprint density at radius 3 is 3.15 bits per heavy atom. The highest BCUT2D eigenvalue weighted by molar-refractivity contribution is 5.35. The summed E-state index contributed by atoms with van der Waals surface area (Å²) in [5, 5.41) is 3.51. The summed E-state index contributed by atoms with van der Waals surface area (Å²) in [5.41, 5.74) is 2.14. The van der Waals surface area contributed by atoms with Crippen LogP contribution in [-0.2, 0) is 6.42 Å². The average Bonchev–Trinajstić information content (AvgIpc) is 2.51. The van der Waals surface area contributed by atoms with E-state index in [-0.39, 0.29) is 5.82 Å². The van der Waals surface area contributed by atoms with Crippen LogP contribution in [0.3, 0.4) is 0 Å². The molecule has 2 heterocycles. The van der Waals surface area contributed by atoms with Crippen molar-refractivity contribution in [3.8, 4) is 0 Å². The van der Waals surface area contributed by atoms with Crippen LogP contribution in [0.15, 0.2) is 18.2 Å². The standard InChI is InChI=1S/C11H12FN/c12-10-3-1-2-8-9(10)6-7-4-5-11(8)13-7/h1-3,7,11,13H,4-6H2. The molecule has 2 atom stereocenters. The van der Waals surface area contributed by atoms with E-state index < -0.39 is 0 Å². The molecule has 0 amide bonds. The second-order valence-electron chi connectivity index (χ2n) is 4.01. The van der Waals surface area contributed by atoms with Gasteiger partial charge in [-0.05, 0) is 36.5 Å². The molecule has 13 heavy (non-hydrogen) atoms. The molecule has 0 aromatic heterocycles. The molecule has 1 aromatic rings. The molecule has 0 spiro atoms. The van der Waals surface area contributed by atoms with Crippen LogP contribution in [0, 0.1) is 5.82 Å². The monoisotopic (exact) mass is 177 g/mol. The van der Waals surface area contributed by atoms with Gasteiger partial charge in [0.1, 0.15) is 5.82 Å². The summed E-state index contributed by atoms with van der Waals surface area (Å²) in [6, 6.07) is 6.38. The van der Waals surface area contributed by atoms with E-state index in [1.807, 2.05) is 6.07 Å². The summed E-state index contributed by atoms with van der Waals surface area (Å²) in [7, 11) is 0. The SMILES string of the molecule is Fc1cccc2c1CC1CCC2N1. The first-order valence-corrected chi connectivity index (χ1v) is 4.88. The Balaban J connectivity index is 2.16. The molecule has 68 valence electrons. The highest BCUT2D eigenvalue weighted by Gasteiger charge is 2.32. The Hall–Kier alpha value is -0.890. The van der Waals surface area contributed by atoms with Crippen LogP contribution in [0.5, 0.6) is 0 Å². The van der Waals surface area contributed by atoms with Gasteiger partial charge in [0, 0.05) is 12.1 Å². The summed E-state index contributed by atoms with van der Waals surface area (Å²) < 4.78 is 13.4. The number of hydrogen-bond acceptors (Lipinski definition) is 1. The second kappa shape index (κ2) is 2.55. The van der Waals surface area contributed by atoms with Crippen molar-refractivity contribution in [2.24, 2.45) is 0 Å². The Morgan fingerprint density at radius 1 is 1.31 bits per heavy atom. The van der Waals surface area contributed by atoms with Gasteiger partial charge in [0.2, 0.25) is 0 Å². The van der Waals surface area contributed by atoms with Crippen molar-refractivity contribution in [3.63, 3.8) is 0 Å². The largest absolute Gasteiger partial charge is 0.307 e. The third kappa shape index (κ3) is 1.02. The predicted octanol–water partition coefficient (Wildman–Crippen LogP) is 2.17. The van der Waals surface area contributed by atoms with Crippen LogP contribution in [-0.4, -0.2) is 6.04 Å². The summed E-state index contributed by atoms with van der Waals surface area (Å²) >= 11 is 0. The summed E-state index contributed by atoms with van der Waals surface area (Å²) in [5.74, 6) is -0.0177. The van der Waals surface area contributed by atoms with Gasteiger partial charge in [-0.2, -0.15) is 0 Å². The zero-order valence-corrected chi connectivity index (χ0v) is 7.39. The Bertz CT molecular complexity index is 348. The lowest BCUT2D eigenvalue weighted by molar-refractivity contribution is 0.491. The molecule has 2 heteroatoms. The van der Waals surface area contributed by atoms with E-state index in [1.54, 1.807) is 6.07 Å². The minimum atomic E-state index is -0.0177. The third-order valence-electron chi connectivity index (χ3n) is 3.22. The molecule has 0 saturated carbocycles. The van der Waals surface area contributed by atoms with Gasteiger partial charge < -0.3 is 5.32 Å². The highest BCUT2D eigenvalue weighted by Crippen LogP contribution is 2.36. The fourth-order valence-corrected chi connectivity index (χ4v) is 2.59. The first kappa shape index (κ1) is 7.51. The first-order chi connectivity index (χ1) is 6.34. The normalized spacial score (nSPS) is 30.2. The lowest BCUT2D eigenvalue weighted by Gasteiger charge is -2.24. The third-order valence-corrected chi connectivity index (χ3v) is 3.22. The highest BCUT2D eigenvalue weighted by atomic mass is 19.1. The van der Waals surface area contributed by atoms with Gasteiger partial charge in [0.05, 0.1) is 0 Å². The van der Waals surface area contributed by atoms with Crippen molar-refractivity contribution < 1.29 is 4.39 Å². The number of fused-ring (bicyclic) bond motifs is 4. The average molecular weight is 177 g/mol. The molecular formula is C11H12FN. The van der Waals surface area contributed by atoms with Crippen molar-refractivity contribution in [2.45, 2.75) is 31.3 Å². The van der Waals surface area contributed by atoms with E-state index in [1.165, 1.54) is 18.4 Å². The molecule has 2 aliphatic heterocycles. The quantitative estimate of drug-likeness (QED) is 0.640. The maximum atomic E-state index is 13.4. The van der Waals surface area contributed by atoms with Crippen LogP contribution in [0.25, 0.3) is 0 Å². The number of halogens is 1. The van der Waals surface area contributed by atoms with Crippen LogP contribution in [0.1, 0.15) is 30.0 Å². The smallest absolute Gasteiger partial charge is 0.126 e. The van der Waals surface area contributed by atoms with E-state index in [9.17, 15) is 4.39 Å². The van der Waals surface area contributed by atoms with Crippen LogP contribution < -0.4 is 5.32 Å². The number of nitrogens with one attached hydrogen (secondary N) is 1. The van der Waals surface area contributed by atoms with Gasteiger partial charge in [-0.15, -0.1) is 0 Å². The second-order valence-corrected chi connectivity index (χ2v) is 4.01. The lowest BCUT2D eigenvalue weighted by atomic mass is 9.95. The molecule has 0 aliphatic carbocycles. The Kier molecular flexibility index (Phi) is 1.47. The molecule has 3 rings (SSSR count). The molecule has 1 N–H and O–H groups in total. The number of benzene rings is 1. The van der Waals surface area contributed by atoms with E-state index in [0.717, 1.165) is 12.0 Å². The van der Waals surface area contributed by atoms with Gasteiger partial charge in [0.15, 0.2) is 0 Å². The molecule has 1 aromatic carbocycles. The molecule has 1 fully saturated rings. The van der Waals surface area contributed by atoms with Crippen LogP contribution >= 0.6 is 0 Å². The Labute approximate surface area is 77.0 Å². The minimum Gasteiger partial charge on any atom is -0.307 e. The van der Waals surface area contributed by atoms with Crippen molar-refractivity contribution in [2.75, 3.05) is 0 Å². The predicted molar refractivity (Wildman–Crippen MR) is 49.0 cm³/mol. The zero-order valence-electron chi connectivity index (χ0n) is 7.39. The van der Waals surface area contributed by atoms with E-state index in [0.29, 0.717) is 12.1 Å². The van der Waals surface area contributed by atoms with Gasteiger partial charge in [-0.1, -0.05) is 12.1 Å². The van der Waals surface area contributed by atoms with Crippen molar-refractivity contribution in [1.29, 1.82) is 0 Å². The van der Waals surface area contributed by atoms with Gasteiger partial charge >= 0.3 is 0 Å². The molecule has 1 saturated heterocycles.